The number of aliphatic hydroxyl groups excluding tert-OH is 1. The van der Waals surface area contributed by atoms with Crippen LogP contribution in [0.4, 0.5) is 0 Å². The normalized spacial score (nSPS) is 17.6. The molecular weight excluding hydrogens is 204 g/mol. The first-order valence-corrected chi connectivity index (χ1v) is 5.74. The number of nitrogens with zero attached hydrogens (tertiary/aromatic N) is 1. The lowest BCUT2D eigenvalue weighted by molar-refractivity contribution is -0.126. The summed E-state index contributed by atoms with van der Waals surface area (Å²) in [5, 5.41) is 12.0. The van der Waals surface area contributed by atoms with Crippen LogP contribution in [0, 0.1) is 12.3 Å². The minimum atomic E-state index is -0.513. The monoisotopic (exact) mass is 224 g/mol. The second-order valence-electron chi connectivity index (χ2n) is 4.33. The van der Waals surface area contributed by atoms with Gasteiger partial charge in [0.15, 0.2) is 0 Å². The zero-order valence-electron chi connectivity index (χ0n) is 9.99. The highest BCUT2D eigenvalue weighted by molar-refractivity contribution is 5.79. The Morgan fingerprint density at radius 1 is 1.56 bits per heavy atom. The lowest BCUT2D eigenvalue weighted by atomic mass is 9.94. The summed E-state index contributed by atoms with van der Waals surface area (Å²) in [6.07, 6.45) is 6.64. The third-order valence-electron chi connectivity index (χ3n) is 3.17. The molecule has 4 nitrogen and oxygen atoms in total. The molecule has 0 saturated carbocycles. The van der Waals surface area contributed by atoms with Gasteiger partial charge in [-0.25, -0.2) is 0 Å². The van der Waals surface area contributed by atoms with Crippen molar-refractivity contribution < 1.29 is 9.90 Å². The molecule has 1 rings (SSSR count). The van der Waals surface area contributed by atoms with Crippen LogP contribution in [0.2, 0.25) is 0 Å². The number of amides is 1. The molecule has 1 aliphatic heterocycles. The molecule has 0 spiro atoms. The molecule has 1 saturated heterocycles. The van der Waals surface area contributed by atoms with E-state index in [1.54, 1.807) is 0 Å². The summed E-state index contributed by atoms with van der Waals surface area (Å²) < 4.78 is 0. The van der Waals surface area contributed by atoms with Crippen LogP contribution in [0.25, 0.3) is 0 Å². The summed E-state index contributed by atoms with van der Waals surface area (Å²) in [7, 11) is 0. The van der Waals surface area contributed by atoms with E-state index >= 15 is 0 Å². The minimum Gasteiger partial charge on any atom is -0.390 e. The molecule has 1 amide bonds. The Labute approximate surface area is 97.0 Å². The molecule has 1 fully saturated rings. The number of carbonyl (C=O) groups is 1. The first kappa shape index (κ1) is 13.0. The highest BCUT2D eigenvalue weighted by atomic mass is 16.3. The second-order valence-corrected chi connectivity index (χ2v) is 4.33. The number of hydrogen-bond acceptors (Lipinski definition) is 3. The Balaban J connectivity index is 2.41. The standard InChI is InChI=1S/C12H20N2O2/c1-4-12(5-2,6-3)13-11(16)9-14-7-10(15)8-14/h1,10,15H,5-9H2,2-3H3,(H,13,16). The van der Waals surface area contributed by atoms with Crippen molar-refractivity contribution in [1.29, 1.82) is 0 Å². The van der Waals surface area contributed by atoms with E-state index in [-0.39, 0.29) is 12.0 Å². The molecule has 4 heteroatoms. The molecule has 0 aromatic carbocycles. The van der Waals surface area contributed by atoms with Gasteiger partial charge in [0.25, 0.3) is 0 Å². The van der Waals surface area contributed by atoms with Crippen molar-refractivity contribution in [2.75, 3.05) is 19.6 Å². The third kappa shape index (κ3) is 2.97. The fourth-order valence-corrected chi connectivity index (χ4v) is 1.85. The number of β-amino-alcohol motifs (C(OH)–C–C–N with tert-alkyl or cyclic N) is 1. The Morgan fingerprint density at radius 2 is 2.12 bits per heavy atom. The van der Waals surface area contributed by atoms with Gasteiger partial charge in [0, 0.05) is 13.1 Å². The topological polar surface area (TPSA) is 52.6 Å². The van der Waals surface area contributed by atoms with E-state index in [2.05, 4.69) is 11.2 Å². The molecule has 0 radical (unpaired) electrons. The lowest BCUT2D eigenvalue weighted by Crippen LogP contribution is -2.56. The molecule has 90 valence electrons. The average molecular weight is 224 g/mol. The lowest BCUT2D eigenvalue weighted by Gasteiger charge is -2.36. The van der Waals surface area contributed by atoms with Gasteiger partial charge < -0.3 is 10.4 Å². The summed E-state index contributed by atoms with van der Waals surface area (Å²) in [5.41, 5.74) is -0.513. The largest absolute Gasteiger partial charge is 0.390 e. The summed E-state index contributed by atoms with van der Waals surface area (Å²) >= 11 is 0. The maximum absolute atomic E-state index is 11.7. The molecule has 0 aromatic heterocycles. The highest BCUT2D eigenvalue weighted by Crippen LogP contribution is 2.14. The van der Waals surface area contributed by atoms with Gasteiger partial charge in [-0.05, 0) is 12.8 Å². The van der Waals surface area contributed by atoms with Gasteiger partial charge in [-0.2, -0.15) is 0 Å². The summed E-state index contributed by atoms with van der Waals surface area (Å²) in [5.74, 6) is 2.60. The average Bonchev–Trinajstić information content (AvgIpc) is 2.24. The summed E-state index contributed by atoms with van der Waals surface area (Å²) in [6, 6.07) is 0. The Kier molecular flexibility index (Phi) is 4.34. The van der Waals surface area contributed by atoms with E-state index in [0.29, 0.717) is 19.6 Å². The van der Waals surface area contributed by atoms with E-state index < -0.39 is 5.54 Å². The predicted molar refractivity (Wildman–Crippen MR) is 62.7 cm³/mol. The number of rotatable bonds is 5. The number of hydrogen-bond donors (Lipinski definition) is 2. The van der Waals surface area contributed by atoms with Crippen LogP contribution in [-0.4, -0.2) is 47.2 Å². The van der Waals surface area contributed by atoms with Gasteiger partial charge in [0.1, 0.15) is 5.54 Å². The predicted octanol–water partition coefficient (Wildman–Crippen LogP) is -0.0289. The maximum atomic E-state index is 11.7. The SMILES string of the molecule is C#CC(CC)(CC)NC(=O)CN1CC(O)C1. The number of nitrogens with one attached hydrogen (secondary N) is 1. The highest BCUT2D eigenvalue weighted by Gasteiger charge is 2.29. The fourth-order valence-electron chi connectivity index (χ4n) is 1.85. The Bertz CT molecular complexity index is 286. The van der Waals surface area contributed by atoms with Crippen LogP contribution < -0.4 is 5.32 Å². The Hall–Kier alpha value is -1.05. The van der Waals surface area contributed by atoms with Gasteiger partial charge >= 0.3 is 0 Å². The smallest absolute Gasteiger partial charge is 0.235 e. The van der Waals surface area contributed by atoms with Crippen molar-refractivity contribution in [2.24, 2.45) is 0 Å². The van der Waals surface area contributed by atoms with Crippen molar-refractivity contribution in [2.45, 2.75) is 38.3 Å². The van der Waals surface area contributed by atoms with Gasteiger partial charge in [-0.15, -0.1) is 6.42 Å². The number of likely N-dealkylation sites (tertiary alicyclic amines) is 1. The molecule has 1 aliphatic rings. The van der Waals surface area contributed by atoms with Crippen LogP contribution in [0.5, 0.6) is 0 Å². The first-order chi connectivity index (χ1) is 7.55. The van der Waals surface area contributed by atoms with Crippen LogP contribution in [0.3, 0.4) is 0 Å². The first-order valence-electron chi connectivity index (χ1n) is 5.74. The van der Waals surface area contributed by atoms with E-state index in [0.717, 1.165) is 12.8 Å². The molecule has 0 unspecified atom stereocenters. The van der Waals surface area contributed by atoms with Crippen LogP contribution in [0.1, 0.15) is 26.7 Å². The Morgan fingerprint density at radius 3 is 2.50 bits per heavy atom. The fraction of sp³-hybridized carbons (Fsp3) is 0.750. The summed E-state index contributed by atoms with van der Waals surface area (Å²) in [6.45, 7) is 5.41. The van der Waals surface area contributed by atoms with Gasteiger partial charge in [0.05, 0.1) is 12.6 Å². The molecular formula is C12H20N2O2. The zero-order chi connectivity index (χ0) is 12.2. The van der Waals surface area contributed by atoms with Gasteiger partial charge in [-0.1, -0.05) is 19.8 Å². The minimum absolute atomic E-state index is 0.0615. The third-order valence-corrected chi connectivity index (χ3v) is 3.17. The van der Waals surface area contributed by atoms with Crippen molar-refractivity contribution in [3.05, 3.63) is 0 Å². The second kappa shape index (κ2) is 5.33. The molecule has 2 N–H and O–H groups in total. The number of terminal acetylenes is 1. The van der Waals surface area contributed by atoms with Crippen LogP contribution >= 0.6 is 0 Å². The van der Waals surface area contributed by atoms with Crippen molar-refractivity contribution >= 4 is 5.91 Å². The number of aliphatic hydroxyl groups is 1. The molecule has 1 heterocycles. The van der Waals surface area contributed by atoms with Crippen molar-refractivity contribution in [1.82, 2.24) is 10.2 Å². The van der Waals surface area contributed by atoms with Crippen molar-refractivity contribution in [3.8, 4) is 12.3 Å². The maximum Gasteiger partial charge on any atom is 0.235 e. The molecule has 0 aliphatic carbocycles. The van der Waals surface area contributed by atoms with Crippen LogP contribution in [-0.2, 0) is 4.79 Å². The molecule has 0 atom stereocenters. The quantitative estimate of drug-likeness (QED) is 0.645. The van der Waals surface area contributed by atoms with E-state index in [1.807, 2.05) is 18.7 Å². The number of carbonyl (C=O) groups excluding carboxylic acids is 1. The van der Waals surface area contributed by atoms with E-state index in [9.17, 15) is 4.79 Å². The van der Waals surface area contributed by atoms with E-state index in [4.69, 9.17) is 11.5 Å². The molecule has 0 bridgehead atoms. The zero-order valence-corrected chi connectivity index (χ0v) is 9.99. The van der Waals surface area contributed by atoms with Gasteiger partial charge in [-0.3, -0.25) is 9.69 Å². The van der Waals surface area contributed by atoms with Crippen molar-refractivity contribution in [3.63, 3.8) is 0 Å². The van der Waals surface area contributed by atoms with Crippen LogP contribution in [0.15, 0.2) is 0 Å². The summed E-state index contributed by atoms with van der Waals surface area (Å²) in [4.78, 5) is 13.6. The van der Waals surface area contributed by atoms with Gasteiger partial charge in [0.2, 0.25) is 5.91 Å². The molecule has 0 aromatic rings. The van der Waals surface area contributed by atoms with E-state index in [1.165, 1.54) is 0 Å². The molecule has 16 heavy (non-hydrogen) atoms.